The summed E-state index contributed by atoms with van der Waals surface area (Å²) in [5, 5.41) is 14.5. The highest BCUT2D eigenvalue weighted by Gasteiger charge is 2.17. The van der Waals surface area contributed by atoms with Crippen LogP contribution in [0.25, 0.3) is 28.2 Å². The van der Waals surface area contributed by atoms with Crippen LogP contribution in [0.3, 0.4) is 0 Å². The molecule has 0 bridgehead atoms. The molecular formula is C29H31N7O. The van der Waals surface area contributed by atoms with Gasteiger partial charge in [0.2, 0.25) is 5.82 Å². The quantitative estimate of drug-likeness (QED) is 0.307. The summed E-state index contributed by atoms with van der Waals surface area (Å²) in [5.41, 5.74) is 7.91. The Labute approximate surface area is 216 Å². The molecule has 0 aliphatic rings. The van der Waals surface area contributed by atoms with Crippen LogP contribution in [-0.4, -0.2) is 34.7 Å². The second-order valence-corrected chi connectivity index (χ2v) is 9.22. The van der Waals surface area contributed by atoms with Crippen LogP contribution in [0.4, 0.5) is 0 Å². The van der Waals surface area contributed by atoms with Gasteiger partial charge in [-0.25, -0.2) is 4.79 Å². The van der Waals surface area contributed by atoms with Crippen molar-refractivity contribution in [2.24, 2.45) is 0 Å². The van der Waals surface area contributed by atoms with E-state index in [-0.39, 0.29) is 5.69 Å². The topological polar surface area (TPSA) is 94.3 Å². The third kappa shape index (κ3) is 4.87. The molecular weight excluding hydrogens is 462 g/mol. The number of imidazole rings is 1. The number of nitrogens with zero attached hydrogens (tertiary/aromatic N) is 6. The minimum absolute atomic E-state index is 0.0246. The van der Waals surface area contributed by atoms with Gasteiger partial charge in [0.15, 0.2) is 0 Å². The second kappa shape index (κ2) is 10.7. The van der Waals surface area contributed by atoms with Crippen molar-refractivity contribution in [2.45, 2.75) is 53.0 Å². The summed E-state index contributed by atoms with van der Waals surface area (Å²) in [6.07, 6.45) is 7.68. The molecule has 1 N–H and O–H groups in total. The van der Waals surface area contributed by atoms with Crippen LogP contribution < -0.4 is 5.69 Å². The van der Waals surface area contributed by atoms with Crippen molar-refractivity contribution in [2.75, 3.05) is 0 Å². The molecule has 8 nitrogen and oxygen atoms in total. The van der Waals surface area contributed by atoms with Gasteiger partial charge in [-0.1, -0.05) is 68.8 Å². The number of benzene rings is 2. The molecule has 0 saturated heterocycles. The summed E-state index contributed by atoms with van der Waals surface area (Å²) >= 11 is 0. The maximum Gasteiger partial charge on any atom is 0.333 e. The highest BCUT2D eigenvalue weighted by atomic mass is 16.1. The molecule has 5 aromatic rings. The van der Waals surface area contributed by atoms with E-state index in [9.17, 15) is 4.79 Å². The molecule has 2 aromatic carbocycles. The summed E-state index contributed by atoms with van der Waals surface area (Å²) in [4.78, 5) is 18.5. The summed E-state index contributed by atoms with van der Waals surface area (Å²) in [5.74, 6) is 0.538. The van der Waals surface area contributed by atoms with Gasteiger partial charge in [-0.3, -0.25) is 14.1 Å². The van der Waals surface area contributed by atoms with Crippen molar-refractivity contribution >= 4 is 0 Å². The number of pyridine rings is 1. The lowest BCUT2D eigenvalue weighted by Gasteiger charge is -2.11. The maximum atomic E-state index is 13.7. The summed E-state index contributed by atoms with van der Waals surface area (Å²) < 4.78 is 3.70. The lowest BCUT2D eigenvalue weighted by atomic mass is 10.0. The number of aryl methyl sites for hydroxylation is 3. The number of H-pyrrole nitrogens is 1. The molecule has 3 aromatic heterocycles. The lowest BCUT2D eigenvalue weighted by Crippen LogP contribution is -2.26. The zero-order valence-electron chi connectivity index (χ0n) is 21.5. The molecule has 0 spiro atoms. The van der Waals surface area contributed by atoms with Crippen molar-refractivity contribution in [1.29, 1.82) is 0 Å². The number of rotatable bonds is 9. The first kappa shape index (κ1) is 24.4. The molecule has 0 aliphatic carbocycles. The van der Waals surface area contributed by atoms with Gasteiger partial charge < -0.3 is 0 Å². The Morgan fingerprint density at radius 1 is 0.973 bits per heavy atom. The molecule has 0 fully saturated rings. The van der Waals surface area contributed by atoms with E-state index in [4.69, 9.17) is 4.98 Å². The third-order valence-corrected chi connectivity index (χ3v) is 6.76. The Kier molecular flexibility index (Phi) is 7.07. The van der Waals surface area contributed by atoms with E-state index in [2.05, 4.69) is 59.6 Å². The van der Waals surface area contributed by atoms with E-state index in [1.807, 2.05) is 57.9 Å². The number of hydrogen-bond acceptors (Lipinski definition) is 5. The summed E-state index contributed by atoms with van der Waals surface area (Å²) in [6, 6.07) is 18.2. The van der Waals surface area contributed by atoms with Crippen molar-refractivity contribution < 1.29 is 0 Å². The van der Waals surface area contributed by atoms with E-state index in [1.165, 1.54) is 5.56 Å². The van der Waals surface area contributed by atoms with E-state index in [0.29, 0.717) is 12.4 Å². The van der Waals surface area contributed by atoms with Crippen molar-refractivity contribution in [1.82, 2.24) is 34.7 Å². The third-order valence-electron chi connectivity index (χ3n) is 6.76. The first-order valence-corrected chi connectivity index (χ1v) is 12.8. The van der Waals surface area contributed by atoms with Crippen molar-refractivity contribution in [3.63, 3.8) is 0 Å². The zero-order chi connectivity index (χ0) is 25.8. The monoisotopic (exact) mass is 493 g/mol. The SMILES string of the molecule is CCCCc1cn(-c2c(C)cccc2CC)c(=O)n1Cc1ccc(-c2ccccc2-c2nn[nH]n2)cn1. The number of aromatic amines is 1. The molecule has 0 aliphatic heterocycles. The highest BCUT2D eigenvalue weighted by molar-refractivity contribution is 5.79. The van der Waals surface area contributed by atoms with Gasteiger partial charge in [0.1, 0.15) is 0 Å². The Balaban J connectivity index is 1.50. The largest absolute Gasteiger partial charge is 0.333 e. The zero-order valence-corrected chi connectivity index (χ0v) is 21.5. The van der Waals surface area contributed by atoms with Gasteiger partial charge in [0, 0.05) is 29.2 Å². The molecule has 37 heavy (non-hydrogen) atoms. The van der Waals surface area contributed by atoms with Crippen molar-refractivity contribution in [3.8, 4) is 28.2 Å². The smallest absolute Gasteiger partial charge is 0.290 e. The van der Waals surface area contributed by atoms with Gasteiger partial charge in [-0.15, -0.1) is 10.2 Å². The van der Waals surface area contributed by atoms with Crippen LogP contribution in [0.15, 0.2) is 71.8 Å². The maximum absolute atomic E-state index is 13.7. The Hall–Kier alpha value is -4.33. The van der Waals surface area contributed by atoms with Gasteiger partial charge >= 0.3 is 5.69 Å². The Bertz CT molecular complexity index is 1550. The first-order valence-electron chi connectivity index (χ1n) is 12.8. The number of aromatic nitrogens is 7. The van der Waals surface area contributed by atoms with Crippen LogP contribution in [0.5, 0.6) is 0 Å². The fraction of sp³-hybridized carbons (Fsp3) is 0.276. The average molecular weight is 494 g/mol. The fourth-order valence-corrected chi connectivity index (χ4v) is 4.81. The van der Waals surface area contributed by atoms with Gasteiger partial charge in [-0.05, 0) is 54.2 Å². The van der Waals surface area contributed by atoms with E-state index < -0.39 is 0 Å². The van der Waals surface area contributed by atoms with E-state index in [1.54, 1.807) is 0 Å². The molecule has 188 valence electrons. The summed E-state index contributed by atoms with van der Waals surface area (Å²) in [6.45, 7) is 6.78. The van der Waals surface area contributed by atoms with Crippen molar-refractivity contribution in [3.05, 3.63) is 100.0 Å². The molecule has 5 rings (SSSR count). The van der Waals surface area contributed by atoms with Crippen LogP contribution in [0.1, 0.15) is 49.2 Å². The van der Waals surface area contributed by atoms with Crippen LogP contribution in [0, 0.1) is 6.92 Å². The molecule has 0 atom stereocenters. The molecule has 8 heteroatoms. The number of tetrazole rings is 1. The number of nitrogens with one attached hydrogen (secondary N) is 1. The Morgan fingerprint density at radius 3 is 2.51 bits per heavy atom. The number of unbranched alkanes of at least 4 members (excludes halogenated alkanes) is 1. The lowest BCUT2D eigenvalue weighted by molar-refractivity contribution is 0.664. The predicted octanol–water partition coefficient (Wildman–Crippen LogP) is 5.14. The van der Waals surface area contributed by atoms with Crippen LogP contribution >= 0.6 is 0 Å². The number of para-hydroxylation sites is 1. The van der Waals surface area contributed by atoms with E-state index in [0.717, 1.165) is 65.0 Å². The fourth-order valence-electron chi connectivity index (χ4n) is 4.81. The second-order valence-electron chi connectivity index (χ2n) is 9.22. The minimum Gasteiger partial charge on any atom is -0.290 e. The van der Waals surface area contributed by atoms with E-state index >= 15 is 0 Å². The molecule has 3 heterocycles. The standard InChI is InChI=1S/C29H31N7O/c1-4-6-12-24-19-36(27-20(3)10-9-11-21(27)5-2)29(37)35(24)18-23-16-15-22(17-30-23)25-13-7-8-14-26(25)28-31-33-34-32-28/h7-11,13-17,19H,4-6,12,18H2,1-3H3,(H,31,32,33,34). The highest BCUT2D eigenvalue weighted by Crippen LogP contribution is 2.29. The van der Waals surface area contributed by atoms with Crippen LogP contribution in [0.2, 0.25) is 0 Å². The van der Waals surface area contributed by atoms with Gasteiger partial charge in [0.25, 0.3) is 0 Å². The normalized spacial score (nSPS) is 11.2. The summed E-state index contributed by atoms with van der Waals surface area (Å²) in [7, 11) is 0. The van der Waals surface area contributed by atoms with Gasteiger partial charge in [-0.2, -0.15) is 5.21 Å². The predicted molar refractivity (Wildman–Crippen MR) is 145 cm³/mol. The average Bonchev–Trinajstić information content (AvgIpc) is 3.57. The first-order chi connectivity index (χ1) is 18.1. The van der Waals surface area contributed by atoms with Crippen LogP contribution in [-0.2, 0) is 19.4 Å². The molecule has 0 amide bonds. The minimum atomic E-state index is -0.0246. The number of hydrogen-bond donors (Lipinski definition) is 1. The molecule has 0 unspecified atom stereocenters. The Morgan fingerprint density at radius 2 is 1.81 bits per heavy atom. The molecule has 0 radical (unpaired) electrons. The van der Waals surface area contributed by atoms with Gasteiger partial charge in [0.05, 0.1) is 17.9 Å². The molecule has 0 saturated carbocycles.